The van der Waals surface area contributed by atoms with E-state index in [2.05, 4.69) is 16.0 Å². The van der Waals surface area contributed by atoms with Crippen LogP contribution in [0.4, 0.5) is 5.95 Å². The molecule has 0 saturated carbocycles. The monoisotopic (exact) mass is 327 g/mol. The molecule has 1 saturated heterocycles. The largest absolute Gasteiger partial charge is 0.337 e. The lowest BCUT2D eigenvalue weighted by Gasteiger charge is -2.34. The summed E-state index contributed by atoms with van der Waals surface area (Å²) >= 11 is 1.53. The molecule has 1 amide bonds. The maximum Gasteiger partial charge on any atom is 0.264 e. The average molecular weight is 327 g/mol. The highest BCUT2D eigenvalue weighted by atomic mass is 32.1. The molecule has 0 bridgehead atoms. The van der Waals surface area contributed by atoms with Gasteiger partial charge in [-0.3, -0.25) is 4.79 Å². The topological polar surface area (TPSA) is 73.1 Å². The lowest BCUT2D eigenvalue weighted by Crippen LogP contribution is -2.49. The third-order valence-corrected chi connectivity index (χ3v) is 4.75. The molecule has 3 heterocycles. The maximum atomic E-state index is 12.5. The Labute approximate surface area is 139 Å². The second kappa shape index (κ2) is 6.34. The van der Waals surface area contributed by atoms with Crippen molar-refractivity contribution in [2.45, 2.75) is 13.8 Å². The zero-order chi connectivity index (χ0) is 16.4. The predicted octanol–water partition coefficient (Wildman–Crippen LogP) is 1.99. The van der Waals surface area contributed by atoms with Crippen molar-refractivity contribution in [1.82, 2.24) is 14.9 Å². The van der Waals surface area contributed by atoms with E-state index < -0.39 is 0 Å². The van der Waals surface area contributed by atoms with Crippen molar-refractivity contribution < 1.29 is 4.79 Å². The minimum absolute atomic E-state index is 0.0885. The molecule has 7 heteroatoms. The van der Waals surface area contributed by atoms with Crippen LogP contribution in [0, 0.1) is 25.2 Å². The Morgan fingerprint density at radius 2 is 1.96 bits per heavy atom. The van der Waals surface area contributed by atoms with E-state index in [9.17, 15) is 4.79 Å². The molecule has 3 rings (SSSR count). The van der Waals surface area contributed by atoms with Crippen LogP contribution in [0.25, 0.3) is 0 Å². The third-order valence-electron chi connectivity index (χ3n) is 3.76. The van der Waals surface area contributed by atoms with E-state index >= 15 is 0 Å². The van der Waals surface area contributed by atoms with Crippen molar-refractivity contribution in [3.63, 3.8) is 0 Å². The summed E-state index contributed by atoms with van der Waals surface area (Å²) in [7, 11) is 0. The molecule has 23 heavy (non-hydrogen) atoms. The van der Waals surface area contributed by atoms with E-state index in [1.165, 1.54) is 11.3 Å². The molecule has 118 valence electrons. The Balaban J connectivity index is 1.68. The van der Waals surface area contributed by atoms with Crippen LogP contribution in [-0.2, 0) is 0 Å². The second-order valence-electron chi connectivity index (χ2n) is 5.50. The predicted molar refractivity (Wildman–Crippen MR) is 88.7 cm³/mol. The summed E-state index contributed by atoms with van der Waals surface area (Å²) in [4.78, 5) is 26.9. The fourth-order valence-electron chi connectivity index (χ4n) is 2.57. The molecule has 0 aliphatic carbocycles. The molecular formula is C16H17N5OS. The number of hydrogen-bond donors (Lipinski definition) is 0. The standard InChI is InChI=1S/C16H17N5OS/c1-11-9-13(10-17)19-16(18-11)21-7-5-20(6-8-21)15(22)14-4-3-12(2)23-14/h3-4,9H,5-8H2,1-2H3. The average Bonchev–Trinajstić information content (AvgIpc) is 3.00. The van der Waals surface area contributed by atoms with Crippen LogP contribution in [-0.4, -0.2) is 47.0 Å². The summed E-state index contributed by atoms with van der Waals surface area (Å²) in [6.45, 7) is 6.46. The Hall–Kier alpha value is -2.46. The number of hydrogen-bond acceptors (Lipinski definition) is 6. The van der Waals surface area contributed by atoms with Gasteiger partial charge >= 0.3 is 0 Å². The van der Waals surface area contributed by atoms with Crippen molar-refractivity contribution >= 4 is 23.2 Å². The Bertz CT molecular complexity index is 771. The first kappa shape index (κ1) is 15.4. The molecule has 1 aliphatic rings. The van der Waals surface area contributed by atoms with Crippen LogP contribution < -0.4 is 4.90 Å². The summed E-state index contributed by atoms with van der Waals surface area (Å²) in [5.41, 5.74) is 1.15. The Morgan fingerprint density at radius 1 is 1.22 bits per heavy atom. The minimum atomic E-state index is 0.0885. The van der Waals surface area contributed by atoms with Gasteiger partial charge in [-0.1, -0.05) is 0 Å². The van der Waals surface area contributed by atoms with Gasteiger partial charge in [-0.05, 0) is 32.0 Å². The van der Waals surface area contributed by atoms with Gasteiger partial charge in [-0.2, -0.15) is 5.26 Å². The number of nitriles is 1. The second-order valence-corrected chi connectivity index (χ2v) is 6.78. The molecule has 0 N–H and O–H groups in total. The summed E-state index contributed by atoms with van der Waals surface area (Å²) in [6, 6.07) is 7.58. The van der Waals surface area contributed by atoms with Crippen molar-refractivity contribution in [3.05, 3.63) is 39.3 Å². The number of aromatic nitrogens is 2. The van der Waals surface area contributed by atoms with E-state index in [0.29, 0.717) is 37.8 Å². The van der Waals surface area contributed by atoms with Gasteiger partial charge in [0.1, 0.15) is 11.8 Å². The Kier molecular flexibility index (Phi) is 4.26. The number of aryl methyl sites for hydroxylation is 2. The Morgan fingerprint density at radius 3 is 2.57 bits per heavy atom. The molecule has 0 spiro atoms. The summed E-state index contributed by atoms with van der Waals surface area (Å²) in [5.74, 6) is 0.659. The maximum absolute atomic E-state index is 12.5. The van der Waals surface area contributed by atoms with Gasteiger partial charge in [0.25, 0.3) is 5.91 Å². The molecule has 0 aromatic carbocycles. The molecule has 1 fully saturated rings. The van der Waals surface area contributed by atoms with E-state index in [-0.39, 0.29) is 5.91 Å². The van der Waals surface area contributed by atoms with E-state index in [1.807, 2.05) is 35.8 Å². The molecule has 0 radical (unpaired) electrons. The highest BCUT2D eigenvalue weighted by Gasteiger charge is 2.24. The molecule has 2 aromatic rings. The number of amides is 1. The van der Waals surface area contributed by atoms with Gasteiger partial charge in [-0.15, -0.1) is 11.3 Å². The molecule has 0 atom stereocenters. The highest BCUT2D eigenvalue weighted by Crippen LogP contribution is 2.19. The van der Waals surface area contributed by atoms with E-state index in [0.717, 1.165) is 15.4 Å². The van der Waals surface area contributed by atoms with Crippen molar-refractivity contribution in [2.24, 2.45) is 0 Å². The van der Waals surface area contributed by atoms with Crippen LogP contribution in [0.2, 0.25) is 0 Å². The number of thiophene rings is 1. The lowest BCUT2D eigenvalue weighted by molar-refractivity contribution is 0.0751. The van der Waals surface area contributed by atoms with Crippen molar-refractivity contribution in [2.75, 3.05) is 31.1 Å². The van der Waals surface area contributed by atoms with Gasteiger partial charge in [-0.25, -0.2) is 9.97 Å². The normalized spacial score (nSPS) is 14.7. The van der Waals surface area contributed by atoms with Crippen molar-refractivity contribution in [1.29, 1.82) is 5.26 Å². The van der Waals surface area contributed by atoms with Gasteiger partial charge in [0, 0.05) is 36.8 Å². The summed E-state index contributed by atoms with van der Waals surface area (Å²) in [5, 5.41) is 9.02. The molecular weight excluding hydrogens is 310 g/mol. The fraction of sp³-hybridized carbons (Fsp3) is 0.375. The SMILES string of the molecule is Cc1cc(C#N)nc(N2CCN(C(=O)c3ccc(C)s3)CC2)n1. The number of carbonyl (C=O) groups is 1. The molecule has 1 aliphatic heterocycles. The fourth-order valence-corrected chi connectivity index (χ4v) is 3.40. The smallest absolute Gasteiger partial charge is 0.264 e. The zero-order valence-electron chi connectivity index (χ0n) is 13.1. The molecule has 6 nitrogen and oxygen atoms in total. The van der Waals surface area contributed by atoms with E-state index in [4.69, 9.17) is 5.26 Å². The van der Waals surface area contributed by atoms with Crippen LogP contribution in [0.3, 0.4) is 0 Å². The van der Waals surface area contributed by atoms with Crippen LogP contribution >= 0.6 is 11.3 Å². The molecule has 2 aromatic heterocycles. The van der Waals surface area contributed by atoms with Crippen LogP contribution in [0.15, 0.2) is 18.2 Å². The van der Waals surface area contributed by atoms with Gasteiger partial charge < -0.3 is 9.80 Å². The van der Waals surface area contributed by atoms with E-state index in [1.54, 1.807) is 6.07 Å². The first-order chi connectivity index (χ1) is 11.1. The molecule has 0 unspecified atom stereocenters. The van der Waals surface area contributed by atoms with Gasteiger partial charge in [0.2, 0.25) is 5.95 Å². The van der Waals surface area contributed by atoms with Gasteiger partial charge in [0.05, 0.1) is 4.88 Å². The minimum Gasteiger partial charge on any atom is -0.337 e. The van der Waals surface area contributed by atoms with Gasteiger partial charge in [0.15, 0.2) is 0 Å². The highest BCUT2D eigenvalue weighted by molar-refractivity contribution is 7.13. The van der Waals surface area contributed by atoms with Crippen molar-refractivity contribution in [3.8, 4) is 6.07 Å². The number of anilines is 1. The number of carbonyl (C=O) groups excluding carboxylic acids is 1. The zero-order valence-corrected chi connectivity index (χ0v) is 13.9. The number of rotatable bonds is 2. The quantitative estimate of drug-likeness (QED) is 0.843. The number of piperazine rings is 1. The van der Waals surface area contributed by atoms with Crippen LogP contribution in [0.5, 0.6) is 0 Å². The first-order valence-electron chi connectivity index (χ1n) is 7.43. The first-order valence-corrected chi connectivity index (χ1v) is 8.25. The van der Waals surface area contributed by atoms with Crippen LogP contribution in [0.1, 0.15) is 25.9 Å². The number of nitrogens with zero attached hydrogens (tertiary/aromatic N) is 5. The summed E-state index contributed by atoms with van der Waals surface area (Å²) in [6.07, 6.45) is 0. The summed E-state index contributed by atoms with van der Waals surface area (Å²) < 4.78 is 0. The lowest BCUT2D eigenvalue weighted by atomic mass is 10.3. The third kappa shape index (κ3) is 3.32.